The number of aliphatic hydroxyl groups is 4. The molecule has 8 nitrogen and oxygen atoms in total. The molecule has 1 heterocycles. The second kappa shape index (κ2) is 9.34. The van der Waals surface area contributed by atoms with E-state index in [1.165, 1.54) is 0 Å². The molecule has 0 bridgehead atoms. The molecule has 29 heavy (non-hydrogen) atoms. The average Bonchev–Trinajstić information content (AvgIpc) is 2.76. The van der Waals surface area contributed by atoms with Crippen LogP contribution in [0.4, 0.5) is 0 Å². The van der Waals surface area contributed by atoms with E-state index in [1.807, 2.05) is 6.07 Å². The molecule has 0 aromatic heterocycles. The van der Waals surface area contributed by atoms with Gasteiger partial charge in [0.1, 0.15) is 42.9 Å². The number of carbonyl (C=O) groups excluding carboxylic acids is 1. The molecule has 3 rings (SSSR count). The number of amides is 1. The maximum absolute atomic E-state index is 11.6. The van der Waals surface area contributed by atoms with Crippen molar-refractivity contribution in [3.63, 3.8) is 0 Å². The summed E-state index contributed by atoms with van der Waals surface area (Å²) >= 11 is 0. The number of hydrogen-bond donors (Lipinski definition) is 5. The molecule has 1 saturated heterocycles. The van der Waals surface area contributed by atoms with Gasteiger partial charge in [-0.05, 0) is 41.5 Å². The fraction of sp³-hybridized carbons (Fsp3) is 0.381. The van der Waals surface area contributed by atoms with Crippen molar-refractivity contribution in [1.29, 1.82) is 0 Å². The van der Waals surface area contributed by atoms with Gasteiger partial charge < -0.3 is 35.2 Å². The Hall–Kier alpha value is -2.49. The number of hydrogen-bond acceptors (Lipinski definition) is 7. The molecular formula is C21H25NO7. The SMILES string of the molecule is CNC(=O)c1ccc(OCc2cccc([C@H]3O[C@H](CO)[C@@H](O)[C@H](O)[C@@H]3O)c2)cc1. The van der Waals surface area contributed by atoms with Crippen LogP contribution in [0.1, 0.15) is 27.6 Å². The van der Waals surface area contributed by atoms with Gasteiger partial charge in [-0.1, -0.05) is 18.2 Å². The zero-order valence-electron chi connectivity index (χ0n) is 15.9. The summed E-state index contributed by atoms with van der Waals surface area (Å²) in [7, 11) is 1.56. The Morgan fingerprint density at radius 1 is 1.07 bits per heavy atom. The van der Waals surface area contributed by atoms with Crippen LogP contribution in [-0.4, -0.2) is 64.4 Å². The minimum atomic E-state index is -1.43. The standard InChI is InChI=1S/C21H25NO7/c1-22-21(27)13-5-7-15(8-6-13)28-11-12-3-2-4-14(9-12)20-19(26)18(25)17(24)16(10-23)29-20/h2-9,16-20,23-26H,10-11H2,1H3,(H,22,27)/t16-,17-,18+,19+,20-/m1/s1. The number of benzene rings is 2. The lowest BCUT2D eigenvalue weighted by Gasteiger charge is -2.40. The molecule has 0 aliphatic carbocycles. The van der Waals surface area contributed by atoms with E-state index in [4.69, 9.17) is 9.47 Å². The zero-order valence-corrected chi connectivity index (χ0v) is 15.9. The van der Waals surface area contributed by atoms with E-state index in [0.29, 0.717) is 16.9 Å². The van der Waals surface area contributed by atoms with Gasteiger partial charge in [-0.15, -0.1) is 0 Å². The zero-order chi connectivity index (χ0) is 21.0. The molecule has 2 aromatic rings. The van der Waals surface area contributed by atoms with Crippen LogP contribution < -0.4 is 10.1 Å². The summed E-state index contributed by atoms with van der Waals surface area (Å²) in [4.78, 5) is 11.6. The van der Waals surface area contributed by atoms with Crippen molar-refractivity contribution in [1.82, 2.24) is 5.32 Å². The summed E-state index contributed by atoms with van der Waals surface area (Å²) in [6, 6.07) is 13.8. The Labute approximate surface area is 168 Å². The summed E-state index contributed by atoms with van der Waals surface area (Å²) in [6.45, 7) is -0.235. The van der Waals surface area contributed by atoms with Crippen LogP contribution in [0.5, 0.6) is 5.75 Å². The van der Waals surface area contributed by atoms with Gasteiger partial charge in [0, 0.05) is 12.6 Å². The molecule has 1 amide bonds. The van der Waals surface area contributed by atoms with Crippen molar-refractivity contribution in [3.05, 3.63) is 65.2 Å². The number of rotatable bonds is 6. The summed E-state index contributed by atoms with van der Waals surface area (Å²) in [5.74, 6) is 0.416. The van der Waals surface area contributed by atoms with Crippen molar-refractivity contribution in [2.45, 2.75) is 37.1 Å². The third-order valence-electron chi connectivity index (χ3n) is 4.92. The molecule has 1 aliphatic rings. The third-order valence-corrected chi connectivity index (χ3v) is 4.92. The van der Waals surface area contributed by atoms with E-state index in [0.717, 1.165) is 5.56 Å². The van der Waals surface area contributed by atoms with E-state index < -0.39 is 37.1 Å². The van der Waals surface area contributed by atoms with Crippen LogP contribution >= 0.6 is 0 Å². The lowest BCUT2D eigenvalue weighted by molar-refractivity contribution is -0.231. The highest BCUT2D eigenvalue weighted by molar-refractivity contribution is 5.94. The second-order valence-corrected chi connectivity index (χ2v) is 6.89. The molecule has 0 saturated carbocycles. The summed E-state index contributed by atoms with van der Waals surface area (Å²) in [5, 5.41) is 42.1. The maximum Gasteiger partial charge on any atom is 0.251 e. The normalized spacial score (nSPS) is 26.7. The van der Waals surface area contributed by atoms with Crippen LogP contribution in [-0.2, 0) is 11.3 Å². The summed E-state index contributed by atoms with van der Waals surface area (Å²) < 4.78 is 11.3. The van der Waals surface area contributed by atoms with Crippen molar-refractivity contribution in [2.75, 3.05) is 13.7 Å². The summed E-state index contributed by atoms with van der Waals surface area (Å²) in [6.07, 6.45) is -6.00. The number of ether oxygens (including phenoxy) is 2. The van der Waals surface area contributed by atoms with Crippen molar-refractivity contribution >= 4 is 5.91 Å². The van der Waals surface area contributed by atoms with Crippen LogP contribution in [0.25, 0.3) is 0 Å². The monoisotopic (exact) mass is 403 g/mol. The van der Waals surface area contributed by atoms with Gasteiger partial charge in [0.2, 0.25) is 0 Å². The van der Waals surface area contributed by atoms with Crippen LogP contribution in [0.3, 0.4) is 0 Å². The number of nitrogens with one attached hydrogen (secondary N) is 1. The maximum atomic E-state index is 11.6. The van der Waals surface area contributed by atoms with E-state index in [1.54, 1.807) is 49.5 Å². The minimum Gasteiger partial charge on any atom is -0.489 e. The molecule has 1 aliphatic heterocycles. The first-order valence-electron chi connectivity index (χ1n) is 9.29. The highest BCUT2D eigenvalue weighted by Crippen LogP contribution is 2.32. The third kappa shape index (κ3) is 4.75. The lowest BCUT2D eigenvalue weighted by Crippen LogP contribution is -2.55. The predicted molar refractivity (Wildman–Crippen MR) is 103 cm³/mol. The van der Waals surface area contributed by atoms with Gasteiger partial charge in [-0.25, -0.2) is 0 Å². The van der Waals surface area contributed by atoms with Crippen LogP contribution in [0, 0.1) is 0 Å². The fourth-order valence-electron chi connectivity index (χ4n) is 3.25. The molecule has 1 fully saturated rings. The Morgan fingerprint density at radius 2 is 1.79 bits per heavy atom. The van der Waals surface area contributed by atoms with E-state index in [2.05, 4.69) is 5.32 Å². The molecule has 0 radical (unpaired) electrons. The number of aliphatic hydroxyl groups excluding tert-OH is 4. The highest BCUT2D eigenvalue weighted by atomic mass is 16.5. The van der Waals surface area contributed by atoms with Crippen LogP contribution in [0.15, 0.2) is 48.5 Å². The summed E-state index contributed by atoms with van der Waals surface area (Å²) in [5.41, 5.74) is 1.93. The topological polar surface area (TPSA) is 128 Å². The van der Waals surface area contributed by atoms with Gasteiger partial charge in [0.25, 0.3) is 5.91 Å². The van der Waals surface area contributed by atoms with Gasteiger partial charge in [0.15, 0.2) is 0 Å². The fourth-order valence-corrected chi connectivity index (χ4v) is 3.25. The predicted octanol–water partition coefficient (Wildman–Crippen LogP) is 0.140. The molecule has 8 heteroatoms. The van der Waals surface area contributed by atoms with Crippen molar-refractivity contribution in [3.8, 4) is 5.75 Å². The first-order valence-corrected chi connectivity index (χ1v) is 9.29. The lowest BCUT2D eigenvalue weighted by atomic mass is 9.91. The highest BCUT2D eigenvalue weighted by Gasteiger charge is 2.43. The quantitative estimate of drug-likeness (QED) is 0.464. The van der Waals surface area contributed by atoms with Crippen molar-refractivity contribution < 1.29 is 34.7 Å². The number of carbonyl (C=O) groups is 1. The Kier molecular flexibility index (Phi) is 6.83. The smallest absolute Gasteiger partial charge is 0.251 e. The Bertz CT molecular complexity index is 824. The van der Waals surface area contributed by atoms with E-state index in [-0.39, 0.29) is 12.5 Å². The van der Waals surface area contributed by atoms with E-state index in [9.17, 15) is 25.2 Å². The molecule has 5 N–H and O–H groups in total. The first kappa shape index (κ1) is 21.2. The molecule has 0 unspecified atom stereocenters. The molecule has 0 spiro atoms. The van der Waals surface area contributed by atoms with Crippen molar-refractivity contribution in [2.24, 2.45) is 0 Å². The molecular weight excluding hydrogens is 378 g/mol. The Balaban J connectivity index is 1.68. The van der Waals surface area contributed by atoms with Gasteiger partial charge >= 0.3 is 0 Å². The first-order chi connectivity index (χ1) is 13.9. The molecule has 2 aromatic carbocycles. The van der Waals surface area contributed by atoms with E-state index >= 15 is 0 Å². The van der Waals surface area contributed by atoms with Gasteiger partial charge in [0.05, 0.1) is 6.61 Å². The second-order valence-electron chi connectivity index (χ2n) is 6.89. The van der Waals surface area contributed by atoms with Gasteiger partial charge in [-0.2, -0.15) is 0 Å². The Morgan fingerprint density at radius 3 is 2.45 bits per heavy atom. The largest absolute Gasteiger partial charge is 0.489 e. The molecule has 156 valence electrons. The van der Waals surface area contributed by atoms with Gasteiger partial charge in [-0.3, -0.25) is 4.79 Å². The molecule has 5 atom stereocenters. The minimum absolute atomic E-state index is 0.177. The van der Waals surface area contributed by atoms with Crippen LogP contribution in [0.2, 0.25) is 0 Å². The average molecular weight is 403 g/mol.